The minimum Gasteiger partial charge on any atom is -0.166 e. The van der Waals surface area contributed by atoms with Gasteiger partial charge in [-0.1, -0.05) is 24.3 Å². The van der Waals surface area contributed by atoms with Crippen LogP contribution in [-0.2, 0) is 12.4 Å². The van der Waals surface area contributed by atoms with Gasteiger partial charge in [-0.25, -0.2) is 0 Å². The zero-order valence-electron chi connectivity index (χ0n) is 10.8. The van der Waals surface area contributed by atoms with Crippen LogP contribution in [0.15, 0.2) is 42.5 Å². The van der Waals surface area contributed by atoms with E-state index in [9.17, 15) is 26.3 Å². The van der Waals surface area contributed by atoms with Crippen LogP contribution in [0.25, 0.3) is 11.1 Å². The highest BCUT2D eigenvalue weighted by atomic mass is 19.4. The largest absolute Gasteiger partial charge is 0.417 e. The number of rotatable bonds is 1. The van der Waals surface area contributed by atoms with E-state index in [0.29, 0.717) is 0 Å². The number of hydrogen-bond acceptors (Lipinski definition) is 0. The van der Waals surface area contributed by atoms with Crippen molar-refractivity contribution < 1.29 is 26.3 Å². The highest BCUT2D eigenvalue weighted by Crippen LogP contribution is 2.40. The topological polar surface area (TPSA) is 0 Å². The Bertz CT molecular complexity index is 652. The molecule has 0 aromatic heterocycles. The van der Waals surface area contributed by atoms with Gasteiger partial charge in [0, 0.05) is 0 Å². The van der Waals surface area contributed by atoms with E-state index >= 15 is 0 Å². The summed E-state index contributed by atoms with van der Waals surface area (Å²) in [5.74, 6) is 0. The van der Waals surface area contributed by atoms with Gasteiger partial charge >= 0.3 is 12.4 Å². The quantitative estimate of drug-likeness (QED) is 0.593. The number of aryl methyl sites for hydroxylation is 1. The van der Waals surface area contributed by atoms with Crippen molar-refractivity contribution in [1.29, 1.82) is 0 Å². The Balaban J connectivity index is 2.68. The van der Waals surface area contributed by atoms with E-state index in [1.54, 1.807) is 0 Å². The maximum absolute atomic E-state index is 13.0. The fourth-order valence-electron chi connectivity index (χ4n) is 2.14. The molecule has 0 atom stereocenters. The van der Waals surface area contributed by atoms with Gasteiger partial charge in [-0.15, -0.1) is 0 Å². The molecule has 2 aromatic carbocycles. The second-order valence-corrected chi connectivity index (χ2v) is 4.57. The molecule has 0 bridgehead atoms. The van der Waals surface area contributed by atoms with Crippen molar-refractivity contribution in [2.24, 2.45) is 0 Å². The molecular weight excluding hydrogens is 294 g/mol. The highest BCUT2D eigenvalue weighted by molar-refractivity contribution is 5.72. The Hall–Kier alpha value is -1.98. The molecule has 6 heteroatoms. The highest BCUT2D eigenvalue weighted by Gasteiger charge is 2.35. The van der Waals surface area contributed by atoms with Gasteiger partial charge in [0.05, 0.1) is 11.1 Å². The molecule has 2 rings (SSSR count). The third kappa shape index (κ3) is 3.20. The molecule has 2 aromatic rings. The van der Waals surface area contributed by atoms with Gasteiger partial charge in [-0.3, -0.25) is 0 Å². The summed E-state index contributed by atoms with van der Waals surface area (Å²) in [4.78, 5) is 0. The lowest BCUT2D eigenvalue weighted by Gasteiger charge is -2.16. The zero-order chi connectivity index (χ0) is 15.8. The summed E-state index contributed by atoms with van der Waals surface area (Å²) < 4.78 is 77.2. The van der Waals surface area contributed by atoms with Crippen LogP contribution in [0.1, 0.15) is 16.7 Å². The second kappa shape index (κ2) is 5.09. The third-order valence-electron chi connectivity index (χ3n) is 3.06. The third-order valence-corrected chi connectivity index (χ3v) is 3.06. The summed E-state index contributed by atoms with van der Waals surface area (Å²) in [6.45, 7) is 1.44. The van der Waals surface area contributed by atoms with Crippen LogP contribution in [0, 0.1) is 6.92 Å². The Labute approximate surface area is 117 Å². The smallest absolute Gasteiger partial charge is 0.166 e. The Kier molecular flexibility index (Phi) is 3.74. The van der Waals surface area contributed by atoms with Crippen LogP contribution in [0.4, 0.5) is 26.3 Å². The maximum Gasteiger partial charge on any atom is 0.417 e. The van der Waals surface area contributed by atoms with E-state index in [2.05, 4.69) is 0 Å². The minimum absolute atomic E-state index is 0.102. The molecule has 0 heterocycles. The molecule has 0 amide bonds. The number of hydrogen-bond donors (Lipinski definition) is 0. The van der Waals surface area contributed by atoms with Crippen molar-refractivity contribution in [3.63, 3.8) is 0 Å². The molecule has 0 fully saturated rings. The van der Waals surface area contributed by atoms with E-state index in [-0.39, 0.29) is 16.7 Å². The number of benzene rings is 2. The lowest BCUT2D eigenvalue weighted by atomic mass is 9.93. The van der Waals surface area contributed by atoms with Crippen molar-refractivity contribution >= 4 is 0 Å². The molecule has 0 unspecified atom stereocenters. The SMILES string of the molecule is Cc1cccc(C(F)(F)F)c1-c1cccc(C(F)(F)F)c1. The van der Waals surface area contributed by atoms with Gasteiger partial charge in [0.25, 0.3) is 0 Å². The minimum atomic E-state index is -4.63. The number of halogens is 6. The van der Waals surface area contributed by atoms with E-state index < -0.39 is 23.5 Å². The van der Waals surface area contributed by atoms with E-state index in [0.717, 1.165) is 24.3 Å². The van der Waals surface area contributed by atoms with Gasteiger partial charge < -0.3 is 0 Å². The lowest BCUT2D eigenvalue weighted by molar-refractivity contribution is -0.137. The summed E-state index contributed by atoms with van der Waals surface area (Å²) >= 11 is 0. The first-order valence-electron chi connectivity index (χ1n) is 5.95. The average Bonchev–Trinajstić information content (AvgIpc) is 2.36. The van der Waals surface area contributed by atoms with E-state index in [1.807, 2.05) is 0 Å². The van der Waals surface area contributed by atoms with E-state index in [1.165, 1.54) is 25.1 Å². The van der Waals surface area contributed by atoms with Gasteiger partial charge in [0.2, 0.25) is 0 Å². The Morgan fingerprint density at radius 1 is 0.762 bits per heavy atom. The van der Waals surface area contributed by atoms with Gasteiger partial charge in [0.15, 0.2) is 0 Å². The first-order chi connectivity index (χ1) is 9.60. The Morgan fingerprint density at radius 2 is 1.38 bits per heavy atom. The molecule has 0 aliphatic heterocycles. The average molecular weight is 304 g/mol. The van der Waals surface area contributed by atoms with Crippen molar-refractivity contribution in [1.82, 2.24) is 0 Å². The summed E-state index contributed by atoms with van der Waals surface area (Å²) in [5, 5.41) is 0. The second-order valence-electron chi connectivity index (χ2n) is 4.57. The van der Waals surface area contributed by atoms with Crippen molar-refractivity contribution in [3.8, 4) is 11.1 Å². The van der Waals surface area contributed by atoms with Gasteiger partial charge in [-0.05, 0) is 41.8 Å². The molecule has 0 saturated carbocycles. The molecule has 21 heavy (non-hydrogen) atoms. The molecular formula is C15H10F6. The summed E-state index contributed by atoms with van der Waals surface area (Å²) in [6.07, 6.45) is -9.23. The molecule has 0 nitrogen and oxygen atoms in total. The molecule has 0 saturated heterocycles. The van der Waals surface area contributed by atoms with Crippen molar-refractivity contribution in [2.45, 2.75) is 19.3 Å². The summed E-state index contributed by atoms with van der Waals surface area (Å²) in [6, 6.07) is 7.44. The molecule has 0 N–H and O–H groups in total. The fraction of sp³-hybridized carbons (Fsp3) is 0.200. The van der Waals surface area contributed by atoms with Gasteiger partial charge in [-0.2, -0.15) is 26.3 Å². The van der Waals surface area contributed by atoms with Crippen LogP contribution in [0.3, 0.4) is 0 Å². The van der Waals surface area contributed by atoms with Crippen LogP contribution in [0.5, 0.6) is 0 Å². The maximum atomic E-state index is 13.0. The summed E-state index contributed by atoms with van der Waals surface area (Å²) in [7, 11) is 0. The van der Waals surface area contributed by atoms with Crippen LogP contribution < -0.4 is 0 Å². The molecule has 112 valence electrons. The van der Waals surface area contributed by atoms with Gasteiger partial charge in [0.1, 0.15) is 0 Å². The molecule has 0 spiro atoms. The normalized spacial score (nSPS) is 12.5. The van der Waals surface area contributed by atoms with Crippen LogP contribution in [0.2, 0.25) is 0 Å². The van der Waals surface area contributed by atoms with Crippen molar-refractivity contribution in [3.05, 3.63) is 59.2 Å². The fourth-order valence-corrected chi connectivity index (χ4v) is 2.14. The molecule has 0 aliphatic carbocycles. The van der Waals surface area contributed by atoms with Crippen molar-refractivity contribution in [2.75, 3.05) is 0 Å². The summed E-state index contributed by atoms with van der Waals surface area (Å²) in [5.41, 5.74) is -1.98. The monoisotopic (exact) mass is 304 g/mol. The standard InChI is InChI=1S/C15H10F6/c1-9-4-2-7-12(15(19,20)21)13(9)10-5-3-6-11(8-10)14(16,17)18/h2-8H,1H3. The lowest BCUT2D eigenvalue weighted by Crippen LogP contribution is -2.09. The zero-order valence-corrected chi connectivity index (χ0v) is 10.8. The Morgan fingerprint density at radius 3 is 1.95 bits per heavy atom. The molecule has 0 aliphatic rings. The van der Waals surface area contributed by atoms with E-state index in [4.69, 9.17) is 0 Å². The van der Waals surface area contributed by atoms with Crippen LogP contribution in [-0.4, -0.2) is 0 Å². The first-order valence-corrected chi connectivity index (χ1v) is 5.95. The number of alkyl halides is 6. The first kappa shape index (κ1) is 15.4. The molecule has 0 radical (unpaired) electrons. The van der Waals surface area contributed by atoms with Crippen LogP contribution >= 0.6 is 0 Å². The predicted octanol–water partition coefficient (Wildman–Crippen LogP) is 5.70. The predicted molar refractivity (Wildman–Crippen MR) is 66.6 cm³/mol.